The predicted molar refractivity (Wildman–Crippen MR) is 85.6 cm³/mol. The van der Waals surface area contributed by atoms with Gasteiger partial charge in [-0.15, -0.1) is 0 Å². The van der Waals surface area contributed by atoms with Crippen molar-refractivity contribution < 1.29 is 4.79 Å². The highest BCUT2D eigenvalue weighted by molar-refractivity contribution is 6.31. The lowest BCUT2D eigenvalue weighted by Gasteiger charge is -2.36. The Morgan fingerprint density at radius 2 is 1.95 bits per heavy atom. The van der Waals surface area contributed by atoms with Crippen LogP contribution in [0.4, 0.5) is 0 Å². The van der Waals surface area contributed by atoms with Gasteiger partial charge in [0, 0.05) is 23.5 Å². The van der Waals surface area contributed by atoms with E-state index < -0.39 is 0 Å². The van der Waals surface area contributed by atoms with E-state index in [4.69, 9.17) is 11.6 Å². The van der Waals surface area contributed by atoms with E-state index >= 15 is 0 Å². The van der Waals surface area contributed by atoms with Crippen molar-refractivity contribution in [3.63, 3.8) is 0 Å². The molecule has 2 aliphatic rings. The van der Waals surface area contributed by atoms with E-state index in [0.717, 1.165) is 43.7 Å². The summed E-state index contributed by atoms with van der Waals surface area (Å²) < 4.78 is 0. The molecule has 2 N–H and O–H groups in total. The van der Waals surface area contributed by atoms with Crippen molar-refractivity contribution >= 4 is 17.5 Å². The molecule has 2 fully saturated rings. The van der Waals surface area contributed by atoms with Gasteiger partial charge in [0.15, 0.2) is 0 Å². The molecule has 0 atom stereocenters. The summed E-state index contributed by atoms with van der Waals surface area (Å²) in [5.74, 6) is 0.802. The van der Waals surface area contributed by atoms with Gasteiger partial charge >= 0.3 is 0 Å². The first-order valence-electron chi connectivity index (χ1n) is 7.99. The largest absolute Gasteiger partial charge is 0.353 e. The van der Waals surface area contributed by atoms with Gasteiger partial charge in [-0.3, -0.25) is 4.79 Å². The molecule has 0 aliphatic heterocycles. The van der Waals surface area contributed by atoms with E-state index in [9.17, 15) is 4.79 Å². The molecule has 1 aromatic carbocycles. The molecule has 2 saturated carbocycles. The zero-order valence-electron chi connectivity index (χ0n) is 12.3. The van der Waals surface area contributed by atoms with E-state index in [-0.39, 0.29) is 5.91 Å². The Bertz CT molecular complexity index is 495. The van der Waals surface area contributed by atoms with Crippen LogP contribution in [0, 0.1) is 0 Å². The second kappa shape index (κ2) is 6.80. The number of carbonyl (C=O) groups excluding carboxylic acids is 1. The van der Waals surface area contributed by atoms with E-state index in [0.29, 0.717) is 24.4 Å². The van der Waals surface area contributed by atoms with Crippen molar-refractivity contribution in [1.29, 1.82) is 0 Å². The molecule has 4 heteroatoms. The SMILES string of the molecule is O=C(CCCNC1CC(c2ccccc2Cl)C1)NC1CC1. The summed E-state index contributed by atoms with van der Waals surface area (Å²) in [4.78, 5) is 11.5. The first-order chi connectivity index (χ1) is 10.2. The number of amides is 1. The van der Waals surface area contributed by atoms with E-state index in [1.807, 2.05) is 12.1 Å². The Morgan fingerprint density at radius 1 is 1.19 bits per heavy atom. The Labute approximate surface area is 131 Å². The summed E-state index contributed by atoms with van der Waals surface area (Å²) in [5.41, 5.74) is 1.28. The molecule has 0 saturated heterocycles. The third kappa shape index (κ3) is 4.21. The molecular formula is C17H23ClN2O. The number of benzene rings is 1. The number of hydrogen-bond acceptors (Lipinski definition) is 2. The molecule has 1 aromatic rings. The van der Waals surface area contributed by atoms with Gasteiger partial charge in [0.25, 0.3) is 0 Å². The lowest BCUT2D eigenvalue weighted by atomic mass is 9.76. The Balaban J connectivity index is 1.28. The van der Waals surface area contributed by atoms with Gasteiger partial charge in [-0.1, -0.05) is 29.8 Å². The maximum atomic E-state index is 11.5. The standard InChI is InChI=1S/C17H23ClN2O/c18-16-5-2-1-4-15(16)12-10-14(11-12)19-9-3-6-17(21)20-13-7-8-13/h1-2,4-5,12-14,19H,3,6-11H2,(H,20,21). The van der Waals surface area contributed by atoms with Gasteiger partial charge in [-0.05, 0) is 56.2 Å². The summed E-state index contributed by atoms with van der Waals surface area (Å²) in [6, 6.07) is 9.20. The fraction of sp³-hybridized carbons (Fsp3) is 0.588. The molecule has 2 aliphatic carbocycles. The minimum absolute atomic E-state index is 0.210. The molecule has 0 aromatic heterocycles. The molecule has 0 unspecified atom stereocenters. The molecule has 3 rings (SSSR count). The number of hydrogen-bond donors (Lipinski definition) is 2. The van der Waals surface area contributed by atoms with E-state index in [1.165, 1.54) is 5.56 Å². The molecule has 3 nitrogen and oxygen atoms in total. The number of carbonyl (C=O) groups is 1. The Kier molecular flexibility index (Phi) is 4.81. The maximum absolute atomic E-state index is 11.5. The minimum Gasteiger partial charge on any atom is -0.353 e. The van der Waals surface area contributed by atoms with Crippen molar-refractivity contribution in [2.45, 2.75) is 56.5 Å². The van der Waals surface area contributed by atoms with Gasteiger partial charge in [-0.25, -0.2) is 0 Å². The molecule has 21 heavy (non-hydrogen) atoms. The Hall–Kier alpha value is -1.06. The first-order valence-corrected chi connectivity index (χ1v) is 8.37. The molecule has 0 bridgehead atoms. The fourth-order valence-electron chi connectivity index (χ4n) is 2.93. The molecule has 114 valence electrons. The van der Waals surface area contributed by atoms with E-state index in [1.54, 1.807) is 0 Å². The maximum Gasteiger partial charge on any atom is 0.220 e. The van der Waals surface area contributed by atoms with Crippen LogP contribution in [0.15, 0.2) is 24.3 Å². The summed E-state index contributed by atoms with van der Waals surface area (Å²) >= 11 is 6.22. The number of halogens is 1. The lowest BCUT2D eigenvalue weighted by Crippen LogP contribution is -2.40. The molecule has 0 spiro atoms. The van der Waals surface area contributed by atoms with Crippen LogP contribution >= 0.6 is 11.6 Å². The normalized spacial score (nSPS) is 24.4. The van der Waals surface area contributed by atoms with Crippen LogP contribution in [-0.2, 0) is 4.79 Å². The third-order valence-electron chi connectivity index (χ3n) is 4.44. The highest BCUT2D eigenvalue weighted by Gasteiger charge is 2.30. The van der Waals surface area contributed by atoms with Gasteiger partial charge in [0.2, 0.25) is 5.91 Å². The second-order valence-electron chi connectivity index (χ2n) is 6.29. The lowest BCUT2D eigenvalue weighted by molar-refractivity contribution is -0.121. The van der Waals surface area contributed by atoms with Gasteiger partial charge < -0.3 is 10.6 Å². The van der Waals surface area contributed by atoms with Crippen LogP contribution in [0.1, 0.15) is 50.0 Å². The summed E-state index contributed by atoms with van der Waals surface area (Å²) in [5, 5.41) is 7.45. The smallest absolute Gasteiger partial charge is 0.220 e. The molecule has 0 radical (unpaired) electrons. The van der Waals surface area contributed by atoms with Crippen LogP contribution in [-0.4, -0.2) is 24.5 Å². The predicted octanol–water partition coefficient (Wildman–Crippen LogP) is 3.23. The summed E-state index contributed by atoms with van der Waals surface area (Å²) in [6.45, 7) is 0.929. The van der Waals surface area contributed by atoms with E-state index in [2.05, 4.69) is 22.8 Å². The quantitative estimate of drug-likeness (QED) is 0.759. The average Bonchev–Trinajstić information content (AvgIpc) is 3.22. The molecular weight excluding hydrogens is 284 g/mol. The van der Waals surface area contributed by atoms with Crippen LogP contribution < -0.4 is 10.6 Å². The van der Waals surface area contributed by atoms with Crippen molar-refractivity contribution in [2.24, 2.45) is 0 Å². The van der Waals surface area contributed by atoms with Gasteiger partial charge in [0.1, 0.15) is 0 Å². The highest BCUT2D eigenvalue weighted by atomic mass is 35.5. The zero-order chi connectivity index (χ0) is 14.7. The third-order valence-corrected chi connectivity index (χ3v) is 4.78. The monoisotopic (exact) mass is 306 g/mol. The second-order valence-corrected chi connectivity index (χ2v) is 6.69. The number of nitrogens with one attached hydrogen (secondary N) is 2. The topological polar surface area (TPSA) is 41.1 Å². The highest BCUT2D eigenvalue weighted by Crippen LogP contribution is 2.39. The molecule has 1 amide bonds. The van der Waals surface area contributed by atoms with Gasteiger partial charge in [-0.2, -0.15) is 0 Å². The van der Waals surface area contributed by atoms with Crippen molar-refractivity contribution in [3.05, 3.63) is 34.9 Å². The van der Waals surface area contributed by atoms with Gasteiger partial charge in [0.05, 0.1) is 0 Å². The van der Waals surface area contributed by atoms with Crippen molar-refractivity contribution in [2.75, 3.05) is 6.54 Å². The fourth-order valence-corrected chi connectivity index (χ4v) is 3.22. The summed E-state index contributed by atoms with van der Waals surface area (Å²) in [7, 11) is 0. The first kappa shape index (κ1) is 14.9. The average molecular weight is 307 g/mol. The summed E-state index contributed by atoms with van der Waals surface area (Å²) in [6.07, 6.45) is 6.19. The van der Waals surface area contributed by atoms with Crippen LogP contribution in [0.3, 0.4) is 0 Å². The van der Waals surface area contributed by atoms with Crippen LogP contribution in [0.25, 0.3) is 0 Å². The van der Waals surface area contributed by atoms with Crippen LogP contribution in [0.5, 0.6) is 0 Å². The van der Waals surface area contributed by atoms with Crippen LogP contribution in [0.2, 0.25) is 5.02 Å². The Morgan fingerprint density at radius 3 is 2.67 bits per heavy atom. The molecule has 0 heterocycles. The minimum atomic E-state index is 0.210. The zero-order valence-corrected chi connectivity index (χ0v) is 13.0. The van der Waals surface area contributed by atoms with Crippen molar-refractivity contribution in [3.8, 4) is 0 Å². The number of rotatable bonds is 7. The van der Waals surface area contributed by atoms with Crippen molar-refractivity contribution in [1.82, 2.24) is 10.6 Å².